The molecule has 2 aromatic rings. The van der Waals surface area contributed by atoms with Gasteiger partial charge in [-0.2, -0.15) is 0 Å². The van der Waals surface area contributed by atoms with Crippen LogP contribution >= 0.6 is 15.9 Å². The second-order valence-electron chi connectivity index (χ2n) is 3.56. The Morgan fingerprint density at radius 3 is 2.63 bits per heavy atom. The monoisotopic (exact) mass is 345 g/mol. The van der Waals surface area contributed by atoms with Crippen molar-refractivity contribution < 1.29 is 22.7 Å². The molecule has 100 valence electrons. The van der Waals surface area contributed by atoms with Crippen LogP contribution in [0.3, 0.4) is 0 Å². The van der Waals surface area contributed by atoms with E-state index in [1.165, 1.54) is 30.5 Å². The lowest BCUT2D eigenvalue weighted by Crippen LogP contribution is -2.13. The van der Waals surface area contributed by atoms with Gasteiger partial charge < -0.3 is 9.52 Å². The van der Waals surface area contributed by atoms with Gasteiger partial charge in [-0.05, 0) is 24.3 Å². The fraction of sp³-hybridized carbons (Fsp3) is 0. The van der Waals surface area contributed by atoms with Gasteiger partial charge in [0.25, 0.3) is 10.0 Å². The lowest BCUT2D eigenvalue weighted by Gasteiger charge is -2.07. The number of rotatable bonds is 4. The normalized spacial score (nSPS) is 11.2. The molecule has 0 saturated heterocycles. The van der Waals surface area contributed by atoms with Crippen LogP contribution in [0.4, 0.5) is 5.88 Å². The number of nitrogens with one attached hydrogen (secondary N) is 1. The molecule has 0 saturated carbocycles. The summed E-state index contributed by atoms with van der Waals surface area (Å²) in [5, 5.41) is 8.90. The highest BCUT2D eigenvalue weighted by atomic mass is 79.9. The molecule has 0 unspecified atom stereocenters. The highest BCUT2D eigenvalue weighted by molar-refractivity contribution is 9.10. The number of furan rings is 1. The van der Waals surface area contributed by atoms with Crippen LogP contribution in [0.1, 0.15) is 10.4 Å². The Balaban J connectivity index is 2.43. The summed E-state index contributed by atoms with van der Waals surface area (Å²) in [6, 6.07) is 6.65. The third kappa shape index (κ3) is 3.15. The highest BCUT2D eigenvalue weighted by Gasteiger charge is 2.18. The highest BCUT2D eigenvalue weighted by Crippen LogP contribution is 2.22. The Labute approximate surface area is 117 Å². The SMILES string of the molecule is O=C(O)c1cc(Br)cc(S(=O)(=O)Nc2ccco2)c1. The lowest BCUT2D eigenvalue weighted by atomic mass is 10.2. The number of hydrogen-bond donors (Lipinski definition) is 2. The first-order valence-electron chi connectivity index (χ1n) is 4.99. The second kappa shape index (κ2) is 5.06. The topological polar surface area (TPSA) is 96.6 Å². The Hall–Kier alpha value is -1.80. The number of aromatic carboxylic acids is 1. The summed E-state index contributed by atoms with van der Waals surface area (Å²) in [4.78, 5) is 10.7. The summed E-state index contributed by atoms with van der Waals surface area (Å²) in [5.74, 6) is -1.16. The number of carboxylic acid groups (broad SMARTS) is 1. The van der Waals surface area contributed by atoms with Gasteiger partial charge >= 0.3 is 5.97 Å². The average Bonchev–Trinajstić information content (AvgIpc) is 2.80. The zero-order chi connectivity index (χ0) is 14.0. The van der Waals surface area contributed by atoms with E-state index in [1.54, 1.807) is 0 Å². The van der Waals surface area contributed by atoms with Crippen molar-refractivity contribution in [3.05, 3.63) is 46.6 Å². The number of hydrogen-bond acceptors (Lipinski definition) is 4. The molecule has 1 aromatic heterocycles. The van der Waals surface area contributed by atoms with Crippen LogP contribution in [-0.2, 0) is 10.0 Å². The largest absolute Gasteiger partial charge is 0.478 e. The van der Waals surface area contributed by atoms with E-state index < -0.39 is 16.0 Å². The van der Waals surface area contributed by atoms with Crippen molar-refractivity contribution in [2.24, 2.45) is 0 Å². The van der Waals surface area contributed by atoms with Crippen molar-refractivity contribution in [3.63, 3.8) is 0 Å². The van der Waals surface area contributed by atoms with Gasteiger partial charge in [0.15, 0.2) is 0 Å². The molecule has 0 atom stereocenters. The van der Waals surface area contributed by atoms with Crippen LogP contribution in [-0.4, -0.2) is 19.5 Å². The molecular weight excluding hydrogens is 338 g/mol. The van der Waals surface area contributed by atoms with Gasteiger partial charge in [0.2, 0.25) is 5.88 Å². The fourth-order valence-electron chi connectivity index (χ4n) is 1.37. The second-order valence-corrected chi connectivity index (χ2v) is 6.16. The molecule has 2 N–H and O–H groups in total. The molecule has 0 radical (unpaired) electrons. The van der Waals surface area contributed by atoms with Crippen molar-refractivity contribution in [1.29, 1.82) is 0 Å². The van der Waals surface area contributed by atoms with Crippen LogP contribution in [0.25, 0.3) is 0 Å². The minimum atomic E-state index is -3.90. The minimum absolute atomic E-state index is 0.0526. The maximum absolute atomic E-state index is 12.0. The van der Waals surface area contributed by atoms with Crippen molar-refractivity contribution in [1.82, 2.24) is 0 Å². The lowest BCUT2D eigenvalue weighted by molar-refractivity contribution is 0.0696. The number of carbonyl (C=O) groups is 1. The molecule has 0 amide bonds. The predicted octanol–water partition coefficient (Wildman–Crippen LogP) is 2.54. The molecule has 8 heteroatoms. The summed E-state index contributed by atoms with van der Waals surface area (Å²) >= 11 is 3.07. The Bertz CT molecular complexity index is 709. The first-order valence-corrected chi connectivity index (χ1v) is 7.26. The van der Waals surface area contributed by atoms with Gasteiger partial charge in [0.1, 0.15) is 0 Å². The van der Waals surface area contributed by atoms with Gasteiger partial charge in [-0.1, -0.05) is 15.9 Å². The van der Waals surface area contributed by atoms with Gasteiger partial charge in [-0.15, -0.1) is 0 Å². The van der Waals surface area contributed by atoms with E-state index in [-0.39, 0.29) is 16.3 Å². The van der Waals surface area contributed by atoms with Gasteiger partial charge in [-0.25, -0.2) is 17.9 Å². The Morgan fingerprint density at radius 2 is 2.05 bits per heavy atom. The maximum atomic E-state index is 12.0. The van der Waals surface area contributed by atoms with Crippen molar-refractivity contribution in [2.75, 3.05) is 4.72 Å². The maximum Gasteiger partial charge on any atom is 0.335 e. The number of carboxylic acids is 1. The molecule has 0 aliphatic heterocycles. The van der Waals surface area contributed by atoms with E-state index in [0.29, 0.717) is 4.47 Å². The average molecular weight is 346 g/mol. The quantitative estimate of drug-likeness (QED) is 0.887. The van der Waals surface area contributed by atoms with E-state index in [9.17, 15) is 13.2 Å². The summed E-state index contributed by atoms with van der Waals surface area (Å²) in [6.45, 7) is 0. The number of sulfonamides is 1. The van der Waals surface area contributed by atoms with E-state index in [1.807, 2.05) is 0 Å². The summed E-state index contributed by atoms with van der Waals surface area (Å²) in [7, 11) is -3.90. The summed E-state index contributed by atoms with van der Waals surface area (Å²) in [5.41, 5.74) is -0.130. The zero-order valence-electron chi connectivity index (χ0n) is 9.33. The third-order valence-electron chi connectivity index (χ3n) is 2.18. The number of halogens is 1. The zero-order valence-corrected chi connectivity index (χ0v) is 11.7. The Kier molecular flexibility index (Phi) is 3.63. The van der Waals surface area contributed by atoms with E-state index >= 15 is 0 Å². The van der Waals surface area contributed by atoms with Crippen LogP contribution in [0.15, 0.2) is 50.4 Å². The molecule has 0 bridgehead atoms. The summed E-state index contributed by atoms with van der Waals surface area (Å²) in [6.07, 6.45) is 1.32. The minimum Gasteiger partial charge on any atom is -0.478 e. The standard InChI is InChI=1S/C11H8BrNO5S/c12-8-4-7(11(14)15)5-9(6-8)19(16,17)13-10-2-1-3-18-10/h1-6,13H,(H,14,15). The number of anilines is 1. The van der Waals surface area contributed by atoms with Crippen LogP contribution in [0, 0.1) is 0 Å². The van der Waals surface area contributed by atoms with E-state index in [0.717, 1.165) is 6.07 Å². The van der Waals surface area contributed by atoms with E-state index in [2.05, 4.69) is 20.7 Å². The van der Waals surface area contributed by atoms with Crippen molar-refractivity contribution >= 4 is 37.8 Å². The molecule has 2 rings (SSSR count). The molecule has 1 heterocycles. The molecule has 19 heavy (non-hydrogen) atoms. The van der Waals surface area contributed by atoms with Crippen molar-refractivity contribution in [3.8, 4) is 0 Å². The number of benzene rings is 1. The van der Waals surface area contributed by atoms with Crippen LogP contribution < -0.4 is 4.72 Å². The van der Waals surface area contributed by atoms with E-state index in [4.69, 9.17) is 9.52 Å². The van der Waals surface area contributed by atoms with Crippen LogP contribution in [0.5, 0.6) is 0 Å². The van der Waals surface area contributed by atoms with Crippen molar-refractivity contribution in [2.45, 2.75) is 4.90 Å². The first-order chi connectivity index (χ1) is 8.88. The van der Waals surface area contributed by atoms with Gasteiger partial charge in [0.05, 0.1) is 16.7 Å². The molecular formula is C11H8BrNO5S. The van der Waals surface area contributed by atoms with Crippen LogP contribution in [0.2, 0.25) is 0 Å². The third-order valence-corrected chi connectivity index (χ3v) is 3.97. The predicted molar refractivity (Wildman–Crippen MR) is 70.6 cm³/mol. The molecule has 1 aromatic carbocycles. The molecule has 0 fully saturated rings. The fourth-order valence-corrected chi connectivity index (χ4v) is 3.08. The van der Waals surface area contributed by atoms with Gasteiger partial charge in [0, 0.05) is 10.5 Å². The molecule has 0 aliphatic carbocycles. The van der Waals surface area contributed by atoms with Gasteiger partial charge in [-0.3, -0.25) is 0 Å². The smallest absolute Gasteiger partial charge is 0.335 e. The Morgan fingerprint density at radius 1 is 1.32 bits per heavy atom. The summed E-state index contributed by atoms with van der Waals surface area (Å²) < 4.78 is 31.5. The molecule has 0 aliphatic rings. The first kappa shape index (κ1) is 13.6. The molecule has 0 spiro atoms. The molecule has 6 nitrogen and oxygen atoms in total.